The minimum absolute atomic E-state index is 0.144. The average Bonchev–Trinajstić information content (AvgIpc) is 2.87. The molecule has 4 rings (SSSR count). The molecule has 0 unspecified atom stereocenters. The Morgan fingerprint density at radius 3 is 2.31 bits per heavy atom. The largest absolute Gasteiger partial charge is 0.512 e. The van der Waals surface area contributed by atoms with Crippen LogP contribution in [0.3, 0.4) is 0 Å². The van der Waals surface area contributed by atoms with Crippen molar-refractivity contribution in [2.24, 2.45) is 5.41 Å². The zero-order chi connectivity index (χ0) is 18.3. The van der Waals surface area contributed by atoms with Crippen LogP contribution in [0, 0.1) is 12.3 Å². The summed E-state index contributed by atoms with van der Waals surface area (Å²) in [7, 11) is 0. The molecule has 0 amide bonds. The molecule has 1 N–H and O–H groups in total. The molecule has 0 radical (unpaired) electrons. The summed E-state index contributed by atoms with van der Waals surface area (Å²) >= 11 is 5.99. The molecular weight excluding hydrogens is 344 g/mol. The third-order valence-electron chi connectivity index (χ3n) is 6.00. The van der Waals surface area contributed by atoms with Crippen LogP contribution in [0.25, 0.3) is 16.7 Å². The number of aryl methyl sites for hydroxylation is 1. The maximum Gasteiger partial charge on any atom is 0.173 e. The summed E-state index contributed by atoms with van der Waals surface area (Å²) in [5, 5.41) is 11.4. The molecule has 0 aliphatic heterocycles. The van der Waals surface area contributed by atoms with Crippen LogP contribution < -0.4 is 0 Å². The van der Waals surface area contributed by atoms with Crippen LogP contribution in [0.2, 0.25) is 5.02 Å². The number of carbonyl (C=O) groups excluding carboxylic acids is 1. The van der Waals surface area contributed by atoms with Gasteiger partial charge in [0.05, 0.1) is 5.57 Å². The van der Waals surface area contributed by atoms with E-state index in [0.29, 0.717) is 17.0 Å². The van der Waals surface area contributed by atoms with Gasteiger partial charge in [-0.25, -0.2) is 0 Å². The number of benzene rings is 2. The lowest BCUT2D eigenvalue weighted by atomic mass is 9.70. The molecule has 2 nitrogen and oxygen atoms in total. The zero-order valence-electron chi connectivity index (χ0n) is 15.0. The van der Waals surface area contributed by atoms with Crippen LogP contribution >= 0.6 is 11.6 Å². The Hall–Kier alpha value is -2.06. The smallest absolute Gasteiger partial charge is 0.173 e. The Morgan fingerprint density at radius 1 is 0.962 bits per heavy atom. The van der Waals surface area contributed by atoms with Crippen molar-refractivity contribution in [3.63, 3.8) is 0 Å². The number of allylic oxidation sites excluding steroid dienone is 2. The van der Waals surface area contributed by atoms with Gasteiger partial charge in [0.1, 0.15) is 5.76 Å². The number of Topliss-reactive ketones (excluding diaryl/α,β-unsaturated/α-hetero) is 1. The Bertz CT molecular complexity index is 887. The first-order valence-corrected chi connectivity index (χ1v) is 9.72. The quantitative estimate of drug-likeness (QED) is 0.657. The summed E-state index contributed by atoms with van der Waals surface area (Å²) in [6, 6.07) is 13.8. The van der Waals surface area contributed by atoms with Gasteiger partial charge in [-0.15, -0.1) is 0 Å². The zero-order valence-corrected chi connectivity index (χ0v) is 15.8. The second-order valence-electron chi connectivity index (χ2n) is 7.71. The predicted octanol–water partition coefficient (Wildman–Crippen LogP) is 6.51. The van der Waals surface area contributed by atoms with Crippen molar-refractivity contribution in [1.29, 1.82) is 0 Å². The van der Waals surface area contributed by atoms with Crippen molar-refractivity contribution >= 4 is 23.0 Å². The number of halogens is 1. The first-order valence-electron chi connectivity index (χ1n) is 9.34. The lowest BCUT2D eigenvalue weighted by molar-refractivity contribution is -0.123. The van der Waals surface area contributed by atoms with Crippen LogP contribution in [0.1, 0.15) is 49.7 Å². The molecule has 0 atom stereocenters. The SMILES string of the molecule is Cc1ccc(-c2ccc(Cl)cc2)cc1C1=C(O)CC2(CCCCC2)C1=O. The monoisotopic (exact) mass is 366 g/mol. The molecule has 3 heteroatoms. The third kappa shape index (κ3) is 2.87. The number of aliphatic hydroxyl groups excluding tert-OH is 1. The molecule has 0 bridgehead atoms. The fourth-order valence-electron chi connectivity index (χ4n) is 4.51. The number of aliphatic hydroxyl groups is 1. The number of hydrogen-bond acceptors (Lipinski definition) is 2. The highest BCUT2D eigenvalue weighted by Gasteiger charge is 2.48. The topological polar surface area (TPSA) is 37.3 Å². The van der Waals surface area contributed by atoms with Crippen molar-refractivity contribution in [2.45, 2.75) is 45.4 Å². The van der Waals surface area contributed by atoms with Crippen LogP contribution in [0.5, 0.6) is 0 Å². The summed E-state index contributed by atoms with van der Waals surface area (Å²) in [4.78, 5) is 13.3. The molecule has 134 valence electrons. The summed E-state index contributed by atoms with van der Waals surface area (Å²) in [6.45, 7) is 2.00. The molecule has 2 aliphatic rings. The molecule has 0 heterocycles. The predicted molar refractivity (Wildman–Crippen MR) is 106 cm³/mol. The number of ketones is 1. The maximum atomic E-state index is 13.3. The van der Waals surface area contributed by atoms with Crippen LogP contribution in [-0.2, 0) is 4.79 Å². The second-order valence-corrected chi connectivity index (χ2v) is 8.14. The highest BCUT2D eigenvalue weighted by Crippen LogP contribution is 2.51. The van der Waals surface area contributed by atoms with Gasteiger partial charge >= 0.3 is 0 Å². The summed E-state index contributed by atoms with van der Waals surface area (Å²) in [6.07, 6.45) is 5.65. The minimum atomic E-state index is -0.361. The standard InChI is InChI=1S/C23H23ClO2/c1-15-5-6-17(16-7-9-18(24)10-8-16)13-19(15)21-20(25)14-23(22(21)26)11-3-2-4-12-23/h5-10,13,25H,2-4,11-12,14H2,1H3. The van der Waals surface area contributed by atoms with Crippen molar-refractivity contribution < 1.29 is 9.90 Å². The van der Waals surface area contributed by atoms with E-state index < -0.39 is 0 Å². The molecule has 1 saturated carbocycles. The highest BCUT2D eigenvalue weighted by molar-refractivity contribution is 6.30. The first-order chi connectivity index (χ1) is 12.5. The van der Waals surface area contributed by atoms with Gasteiger partial charge in [0, 0.05) is 16.9 Å². The molecule has 2 aromatic rings. The lowest BCUT2D eigenvalue weighted by Gasteiger charge is -2.31. The summed E-state index contributed by atoms with van der Waals surface area (Å²) in [5.74, 6) is 0.416. The normalized spacial score (nSPS) is 19.4. The first kappa shape index (κ1) is 17.4. The summed E-state index contributed by atoms with van der Waals surface area (Å²) in [5.41, 5.74) is 4.14. The van der Waals surface area contributed by atoms with Crippen molar-refractivity contribution in [2.75, 3.05) is 0 Å². The summed E-state index contributed by atoms with van der Waals surface area (Å²) < 4.78 is 0. The van der Waals surface area contributed by atoms with E-state index >= 15 is 0 Å². The molecular formula is C23H23ClO2. The number of hydrogen-bond donors (Lipinski definition) is 1. The Morgan fingerprint density at radius 2 is 1.62 bits per heavy atom. The van der Waals surface area contributed by atoms with Crippen molar-refractivity contribution in [3.8, 4) is 11.1 Å². The molecule has 26 heavy (non-hydrogen) atoms. The van der Waals surface area contributed by atoms with E-state index in [1.807, 2.05) is 43.3 Å². The molecule has 2 aliphatic carbocycles. The molecule has 1 fully saturated rings. The van der Waals surface area contributed by atoms with E-state index in [0.717, 1.165) is 47.9 Å². The van der Waals surface area contributed by atoms with E-state index in [4.69, 9.17) is 11.6 Å². The van der Waals surface area contributed by atoms with E-state index in [-0.39, 0.29) is 17.0 Å². The average molecular weight is 367 g/mol. The van der Waals surface area contributed by atoms with Gasteiger partial charge < -0.3 is 5.11 Å². The Kier molecular flexibility index (Phi) is 4.40. The van der Waals surface area contributed by atoms with Crippen molar-refractivity contribution in [3.05, 3.63) is 64.4 Å². The van der Waals surface area contributed by atoms with Gasteiger partial charge in [-0.2, -0.15) is 0 Å². The molecule has 1 spiro atoms. The van der Waals surface area contributed by atoms with E-state index in [1.165, 1.54) is 6.42 Å². The van der Waals surface area contributed by atoms with Gasteiger partial charge in [0.15, 0.2) is 5.78 Å². The van der Waals surface area contributed by atoms with Crippen molar-refractivity contribution in [1.82, 2.24) is 0 Å². The highest BCUT2D eigenvalue weighted by atomic mass is 35.5. The van der Waals surface area contributed by atoms with E-state index in [9.17, 15) is 9.90 Å². The van der Waals surface area contributed by atoms with Crippen LogP contribution in [0.15, 0.2) is 48.2 Å². The van der Waals surface area contributed by atoms with Crippen LogP contribution in [0.4, 0.5) is 0 Å². The number of rotatable bonds is 2. The van der Waals surface area contributed by atoms with Crippen LogP contribution in [-0.4, -0.2) is 10.9 Å². The van der Waals surface area contributed by atoms with E-state index in [2.05, 4.69) is 6.07 Å². The van der Waals surface area contributed by atoms with Gasteiger partial charge in [-0.1, -0.05) is 55.1 Å². The van der Waals surface area contributed by atoms with Gasteiger partial charge in [-0.3, -0.25) is 4.79 Å². The maximum absolute atomic E-state index is 13.3. The fraction of sp³-hybridized carbons (Fsp3) is 0.348. The van der Waals surface area contributed by atoms with Gasteiger partial charge in [0.2, 0.25) is 0 Å². The lowest BCUT2D eigenvalue weighted by Crippen LogP contribution is -2.30. The Balaban J connectivity index is 1.75. The third-order valence-corrected chi connectivity index (χ3v) is 6.25. The van der Waals surface area contributed by atoms with Gasteiger partial charge in [-0.05, 0) is 60.2 Å². The minimum Gasteiger partial charge on any atom is -0.512 e. The number of carbonyl (C=O) groups is 1. The second kappa shape index (κ2) is 6.59. The fourth-order valence-corrected chi connectivity index (χ4v) is 4.63. The Labute approximate surface area is 159 Å². The van der Waals surface area contributed by atoms with Gasteiger partial charge in [0.25, 0.3) is 0 Å². The van der Waals surface area contributed by atoms with E-state index in [1.54, 1.807) is 0 Å². The molecule has 2 aromatic carbocycles. The molecule has 0 aromatic heterocycles. The molecule has 0 saturated heterocycles.